The van der Waals surface area contributed by atoms with E-state index in [1.165, 1.54) is 19.3 Å². The van der Waals surface area contributed by atoms with Crippen LogP contribution in [-0.4, -0.2) is 18.9 Å². The van der Waals surface area contributed by atoms with Crippen molar-refractivity contribution < 1.29 is 4.74 Å². The van der Waals surface area contributed by atoms with Crippen molar-refractivity contribution in [1.29, 1.82) is 0 Å². The van der Waals surface area contributed by atoms with Crippen molar-refractivity contribution in [3.05, 3.63) is 0 Å². The maximum absolute atomic E-state index is 5.56. The summed E-state index contributed by atoms with van der Waals surface area (Å²) in [5, 5.41) is 3.43. The molecule has 2 fully saturated rings. The first-order valence-corrected chi connectivity index (χ1v) is 4.24. The lowest BCUT2D eigenvalue weighted by atomic mass is 9.84. The molecule has 0 spiro atoms. The monoisotopic (exact) mass is 141 g/mol. The van der Waals surface area contributed by atoms with Gasteiger partial charge in [-0.1, -0.05) is 6.42 Å². The maximum Gasteiger partial charge on any atom is 0.111 e. The third-order valence-corrected chi connectivity index (χ3v) is 2.55. The molecular formula is C8H15NO. The molecule has 0 amide bonds. The molecule has 2 heteroatoms. The van der Waals surface area contributed by atoms with Crippen molar-refractivity contribution in [2.75, 3.05) is 6.61 Å². The van der Waals surface area contributed by atoms with Gasteiger partial charge in [0.15, 0.2) is 0 Å². The maximum atomic E-state index is 5.56. The first-order valence-electron chi connectivity index (χ1n) is 4.24. The minimum atomic E-state index is 0.392. The molecule has 1 saturated carbocycles. The van der Waals surface area contributed by atoms with Gasteiger partial charge in [0.05, 0.1) is 6.61 Å². The van der Waals surface area contributed by atoms with E-state index in [0.717, 1.165) is 12.5 Å². The summed E-state index contributed by atoms with van der Waals surface area (Å²) < 4.78 is 5.56. The second kappa shape index (κ2) is 2.51. The molecule has 0 aromatic carbocycles. The van der Waals surface area contributed by atoms with E-state index in [9.17, 15) is 0 Å². The Labute approximate surface area is 61.9 Å². The van der Waals surface area contributed by atoms with Crippen molar-refractivity contribution in [3.8, 4) is 0 Å². The van der Waals surface area contributed by atoms with E-state index in [4.69, 9.17) is 4.74 Å². The molecule has 1 saturated heterocycles. The second-order valence-corrected chi connectivity index (χ2v) is 3.51. The number of hydrogen-bond acceptors (Lipinski definition) is 2. The zero-order valence-corrected chi connectivity index (χ0v) is 6.47. The van der Waals surface area contributed by atoms with Crippen LogP contribution in [0.5, 0.6) is 0 Å². The van der Waals surface area contributed by atoms with E-state index in [1.54, 1.807) is 0 Å². The normalized spacial score (nSPS) is 41.7. The topological polar surface area (TPSA) is 21.3 Å². The minimum absolute atomic E-state index is 0.392. The van der Waals surface area contributed by atoms with E-state index < -0.39 is 0 Å². The standard InChI is InChI=1S/C8H15NO/c1-6-5-10-8(9-6)7-3-2-4-7/h6-9H,2-5H2,1H3. The third kappa shape index (κ3) is 1.06. The predicted molar refractivity (Wildman–Crippen MR) is 39.7 cm³/mol. The highest BCUT2D eigenvalue weighted by Crippen LogP contribution is 2.31. The van der Waals surface area contributed by atoms with Gasteiger partial charge in [0.25, 0.3) is 0 Å². The average Bonchev–Trinajstić information content (AvgIpc) is 2.10. The summed E-state index contributed by atoms with van der Waals surface area (Å²) in [5.74, 6) is 0.824. The van der Waals surface area contributed by atoms with Crippen LogP contribution in [0.2, 0.25) is 0 Å². The van der Waals surface area contributed by atoms with Gasteiger partial charge in [-0.2, -0.15) is 0 Å². The lowest BCUT2D eigenvalue weighted by Gasteiger charge is -2.30. The van der Waals surface area contributed by atoms with E-state index in [0.29, 0.717) is 12.3 Å². The summed E-state index contributed by atoms with van der Waals surface area (Å²) in [5.41, 5.74) is 0. The molecule has 58 valence electrons. The van der Waals surface area contributed by atoms with Crippen LogP contribution in [0.3, 0.4) is 0 Å². The predicted octanol–water partition coefficient (Wildman–Crippen LogP) is 1.12. The second-order valence-electron chi connectivity index (χ2n) is 3.51. The number of hydrogen-bond donors (Lipinski definition) is 1. The Morgan fingerprint density at radius 3 is 2.60 bits per heavy atom. The molecular weight excluding hydrogens is 126 g/mol. The first-order chi connectivity index (χ1) is 4.86. The van der Waals surface area contributed by atoms with Gasteiger partial charge in [-0.3, -0.25) is 5.32 Å². The van der Waals surface area contributed by atoms with Crippen LogP contribution >= 0.6 is 0 Å². The van der Waals surface area contributed by atoms with Gasteiger partial charge >= 0.3 is 0 Å². The summed E-state index contributed by atoms with van der Waals surface area (Å²) >= 11 is 0. The zero-order valence-electron chi connectivity index (χ0n) is 6.47. The van der Waals surface area contributed by atoms with Gasteiger partial charge in [0.1, 0.15) is 6.23 Å². The van der Waals surface area contributed by atoms with Gasteiger partial charge in [-0.15, -0.1) is 0 Å². The van der Waals surface area contributed by atoms with Gasteiger partial charge in [-0.05, 0) is 25.7 Å². The van der Waals surface area contributed by atoms with Crippen molar-refractivity contribution in [3.63, 3.8) is 0 Å². The summed E-state index contributed by atoms with van der Waals surface area (Å²) in [6.45, 7) is 3.08. The van der Waals surface area contributed by atoms with Crippen LogP contribution in [0.4, 0.5) is 0 Å². The molecule has 2 rings (SSSR count). The summed E-state index contributed by atoms with van der Waals surface area (Å²) in [7, 11) is 0. The Bertz CT molecular complexity index is 122. The number of ether oxygens (including phenoxy) is 1. The summed E-state index contributed by atoms with van der Waals surface area (Å²) in [6.07, 6.45) is 4.53. The van der Waals surface area contributed by atoms with E-state index in [1.807, 2.05) is 0 Å². The highest BCUT2D eigenvalue weighted by atomic mass is 16.5. The molecule has 2 nitrogen and oxygen atoms in total. The van der Waals surface area contributed by atoms with Gasteiger partial charge in [-0.25, -0.2) is 0 Å². The fourth-order valence-corrected chi connectivity index (χ4v) is 1.64. The minimum Gasteiger partial charge on any atom is -0.361 e. The van der Waals surface area contributed by atoms with Crippen molar-refractivity contribution >= 4 is 0 Å². The van der Waals surface area contributed by atoms with E-state index in [-0.39, 0.29) is 0 Å². The lowest BCUT2D eigenvalue weighted by Crippen LogP contribution is -2.37. The van der Waals surface area contributed by atoms with Crippen molar-refractivity contribution in [2.24, 2.45) is 5.92 Å². The molecule has 10 heavy (non-hydrogen) atoms. The fraction of sp³-hybridized carbons (Fsp3) is 1.00. The van der Waals surface area contributed by atoms with Crippen LogP contribution in [0.1, 0.15) is 26.2 Å². The van der Waals surface area contributed by atoms with Crippen LogP contribution in [0, 0.1) is 5.92 Å². The third-order valence-electron chi connectivity index (χ3n) is 2.55. The van der Waals surface area contributed by atoms with E-state index in [2.05, 4.69) is 12.2 Å². The molecule has 1 N–H and O–H groups in total. The molecule has 1 aliphatic heterocycles. The summed E-state index contributed by atoms with van der Waals surface area (Å²) in [6, 6.07) is 0.575. The Morgan fingerprint density at radius 2 is 2.20 bits per heavy atom. The number of rotatable bonds is 1. The Morgan fingerprint density at radius 1 is 1.40 bits per heavy atom. The fourth-order valence-electron chi connectivity index (χ4n) is 1.64. The smallest absolute Gasteiger partial charge is 0.111 e. The average molecular weight is 141 g/mol. The molecule has 0 radical (unpaired) electrons. The highest BCUT2D eigenvalue weighted by Gasteiger charge is 2.32. The molecule has 2 atom stereocenters. The van der Waals surface area contributed by atoms with Gasteiger partial charge in [0, 0.05) is 6.04 Å². The molecule has 0 bridgehead atoms. The van der Waals surface area contributed by atoms with E-state index >= 15 is 0 Å². The molecule has 1 heterocycles. The van der Waals surface area contributed by atoms with Crippen molar-refractivity contribution in [2.45, 2.75) is 38.5 Å². The van der Waals surface area contributed by atoms with Crippen LogP contribution < -0.4 is 5.32 Å². The first kappa shape index (κ1) is 6.62. The molecule has 1 aliphatic carbocycles. The van der Waals surface area contributed by atoms with Crippen LogP contribution in [-0.2, 0) is 4.74 Å². The molecule has 0 aromatic rings. The quantitative estimate of drug-likeness (QED) is 0.591. The molecule has 0 aromatic heterocycles. The highest BCUT2D eigenvalue weighted by molar-refractivity contribution is 4.82. The number of nitrogens with one attached hydrogen (secondary N) is 1. The van der Waals surface area contributed by atoms with Crippen LogP contribution in [0.25, 0.3) is 0 Å². The van der Waals surface area contributed by atoms with Gasteiger partial charge in [0.2, 0.25) is 0 Å². The largest absolute Gasteiger partial charge is 0.361 e. The van der Waals surface area contributed by atoms with Crippen molar-refractivity contribution in [1.82, 2.24) is 5.32 Å². The Kier molecular flexibility index (Phi) is 1.66. The molecule has 2 aliphatic rings. The Balaban J connectivity index is 1.82. The summed E-state index contributed by atoms with van der Waals surface area (Å²) in [4.78, 5) is 0. The molecule has 2 unspecified atom stereocenters. The van der Waals surface area contributed by atoms with Crippen LogP contribution in [0.15, 0.2) is 0 Å². The Hall–Kier alpha value is -0.0800. The zero-order chi connectivity index (χ0) is 6.97. The lowest BCUT2D eigenvalue weighted by molar-refractivity contribution is 0.0198. The van der Waals surface area contributed by atoms with Gasteiger partial charge < -0.3 is 4.74 Å². The SMILES string of the molecule is CC1COC(C2CCC2)N1.